The normalized spacial score (nSPS) is 23.8. The number of ether oxygens (including phenoxy) is 2. The fourth-order valence-electron chi connectivity index (χ4n) is 3.83. The van der Waals surface area contributed by atoms with Gasteiger partial charge in [-0.2, -0.15) is 9.78 Å². The van der Waals surface area contributed by atoms with Gasteiger partial charge in [0.25, 0.3) is 0 Å². The van der Waals surface area contributed by atoms with Gasteiger partial charge in [-0.1, -0.05) is 18.2 Å². The molecule has 0 aliphatic carbocycles. The Balaban J connectivity index is 2.00. The summed E-state index contributed by atoms with van der Waals surface area (Å²) in [6.07, 6.45) is 0. The third kappa shape index (κ3) is 1.92. The highest BCUT2D eigenvalue weighted by molar-refractivity contribution is 5.78. The molecular weight excluding hydrogens is 292 g/mol. The Hall–Kier alpha value is -2.30. The van der Waals surface area contributed by atoms with Crippen molar-refractivity contribution >= 4 is 5.91 Å². The number of aromatic nitrogens is 2. The van der Waals surface area contributed by atoms with Gasteiger partial charge in [0.05, 0.1) is 12.3 Å². The lowest BCUT2D eigenvalue weighted by Crippen LogP contribution is -2.49. The van der Waals surface area contributed by atoms with E-state index in [-0.39, 0.29) is 17.7 Å². The Labute approximate surface area is 135 Å². The summed E-state index contributed by atoms with van der Waals surface area (Å²) < 4.78 is 13.6. The lowest BCUT2D eigenvalue weighted by Gasteiger charge is -2.46. The van der Waals surface area contributed by atoms with Gasteiger partial charge in [0.1, 0.15) is 11.4 Å². The largest absolute Gasteiger partial charge is 0.493 e. The van der Waals surface area contributed by atoms with Crippen LogP contribution in [0.2, 0.25) is 0 Å². The van der Waals surface area contributed by atoms with Gasteiger partial charge >= 0.3 is 0 Å². The highest BCUT2D eigenvalue weighted by Gasteiger charge is 2.50. The summed E-state index contributed by atoms with van der Waals surface area (Å²) >= 11 is 0. The molecule has 5 nitrogen and oxygen atoms in total. The number of fused-ring (bicyclic) bond motifs is 5. The first-order valence-corrected chi connectivity index (χ1v) is 7.91. The van der Waals surface area contributed by atoms with E-state index >= 15 is 0 Å². The maximum atomic E-state index is 11.9. The number of rotatable bonds is 0. The fourth-order valence-corrected chi connectivity index (χ4v) is 3.83. The average molecular weight is 312 g/mol. The number of carbonyl (C=O) groups is 1. The highest BCUT2D eigenvalue weighted by atomic mass is 16.5. The molecular formula is C18H20N2O3. The van der Waals surface area contributed by atoms with Crippen molar-refractivity contribution in [3.63, 3.8) is 0 Å². The second-order valence-corrected chi connectivity index (χ2v) is 6.87. The summed E-state index contributed by atoms with van der Waals surface area (Å²) in [6, 6.07) is 8.11. The van der Waals surface area contributed by atoms with E-state index in [1.165, 1.54) is 11.6 Å². The zero-order chi connectivity index (χ0) is 16.4. The second kappa shape index (κ2) is 4.60. The summed E-state index contributed by atoms with van der Waals surface area (Å²) in [5.41, 5.74) is 2.57. The molecule has 0 spiro atoms. The third-order valence-corrected chi connectivity index (χ3v) is 5.00. The first-order chi connectivity index (χ1) is 10.9. The first-order valence-electron chi connectivity index (χ1n) is 7.91. The van der Waals surface area contributed by atoms with Crippen LogP contribution >= 0.6 is 0 Å². The lowest BCUT2D eigenvalue weighted by atomic mass is 9.70. The van der Waals surface area contributed by atoms with Crippen molar-refractivity contribution < 1.29 is 14.3 Å². The second-order valence-electron chi connectivity index (χ2n) is 6.87. The van der Waals surface area contributed by atoms with E-state index in [1.54, 1.807) is 0 Å². The van der Waals surface area contributed by atoms with E-state index < -0.39 is 5.60 Å². The van der Waals surface area contributed by atoms with Gasteiger partial charge in [0, 0.05) is 29.9 Å². The Morgan fingerprint density at radius 3 is 2.83 bits per heavy atom. The SMILES string of the molecule is CC(=O)n1nc(C)c2c1OC(C)(C)C1COc3ccccc3C21. The number of benzene rings is 1. The van der Waals surface area contributed by atoms with Crippen molar-refractivity contribution in [2.45, 2.75) is 39.2 Å². The minimum absolute atomic E-state index is 0.131. The molecule has 23 heavy (non-hydrogen) atoms. The van der Waals surface area contributed by atoms with Crippen molar-refractivity contribution in [3.8, 4) is 11.6 Å². The van der Waals surface area contributed by atoms with Crippen LogP contribution < -0.4 is 9.47 Å². The Morgan fingerprint density at radius 2 is 2.09 bits per heavy atom. The standard InChI is InChI=1S/C18H20N2O3/c1-10-15-16-12-7-5-6-8-14(12)22-9-13(16)18(3,4)23-17(15)20(19-10)11(2)21/h5-8,13,16H,9H2,1-4H3. The third-order valence-electron chi connectivity index (χ3n) is 5.00. The average Bonchev–Trinajstić information content (AvgIpc) is 2.82. The molecule has 0 saturated carbocycles. The van der Waals surface area contributed by atoms with Crippen LogP contribution in [0.1, 0.15) is 48.3 Å². The van der Waals surface area contributed by atoms with Crippen molar-refractivity contribution in [1.29, 1.82) is 0 Å². The van der Waals surface area contributed by atoms with Crippen molar-refractivity contribution in [3.05, 3.63) is 41.1 Å². The molecule has 1 aromatic carbocycles. The predicted octanol–water partition coefficient (Wildman–Crippen LogP) is 3.16. The Kier molecular flexibility index (Phi) is 2.86. The molecule has 3 heterocycles. The van der Waals surface area contributed by atoms with E-state index in [2.05, 4.69) is 25.0 Å². The summed E-state index contributed by atoms with van der Waals surface area (Å²) in [4.78, 5) is 11.9. The Bertz CT molecular complexity index is 807. The van der Waals surface area contributed by atoms with Gasteiger partial charge in [0.15, 0.2) is 0 Å². The van der Waals surface area contributed by atoms with Crippen molar-refractivity contribution in [2.75, 3.05) is 6.61 Å². The zero-order valence-electron chi connectivity index (χ0n) is 13.8. The summed E-state index contributed by atoms with van der Waals surface area (Å²) in [5, 5.41) is 4.42. The number of nitrogens with zero attached hydrogens (tertiary/aromatic N) is 2. The van der Waals surface area contributed by atoms with Gasteiger partial charge in [-0.15, -0.1) is 0 Å². The van der Waals surface area contributed by atoms with Gasteiger partial charge in [-0.3, -0.25) is 4.79 Å². The molecule has 2 aliphatic rings. The van der Waals surface area contributed by atoms with Crippen LogP contribution in [0.4, 0.5) is 0 Å². The van der Waals surface area contributed by atoms with Gasteiger partial charge in [0.2, 0.25) is 11.8 Å². The molecule has 1 aromatic heterocycles. The van der Waals surface area contributed by atoms with Crippen LogP contribution in [0.15, 0.2) is 24.3 Å². The van der Waals surface area contributed by atoms with Crippen molar-refractivity contribution in [2.24, 2.45) is 5.92 Å². The molecule has 0 radical (unpaired) electrons. The molecule has 2 unspecified atom stereocenters. The van der Waals surface area contributed by atoms with Crippen LogP contribution in [0.3, 0.4) is 0 Å². The fraction of sp³-hybridized carbons (Fsp3) is 0.444. The molecule has 0 bridgehead atoms. The van der Waals surface area contributed by atoms with E-state index in [1.807, 2.05) is 25.1 Å². The number of hydrogen-bond donors (Lipinski definition) is 0. The predicted molar refractivity (Wildman–Crippen MR) is 85.2 cm³/mol. The smallest absolute Gasteiger partial charge is 0.246 e. The molecule has 4 rings (SSSR count). The number of carbonyl (C=O) groups excluding carboxylic acids is 1. The molecule has 2 atom stereocenters. The van der Waals surface area contributed by atoms with Crippen LogP contribution in [-0.4, -0.2) is 27.9 Å². The molecule has 0 fully saturated rings. The van der Waals surface area contributed by atoms with Crippen molar-refractivity contribution in [1.82, 2.24) is 9.78 Å². The van der Waals surface area contributed by atoms with E-state index in [0.29, 0.717) is 12.5 Å². The number of hydrogen-bond acceptors (Lipinski definition) is 4. The monoisotopic (exact) mass is 312 g/mol. The van der Waals surface area contributed by atoms with Crippen LogP contribution in [0.25, 0.3) is 0 Å². The topological polar surface area (TPSA) is 53.4 Å². The lowest BCUT2D eigenvalue weighted by molar-refractivity contribution is -0.0193. The molecule has 0 saturated heterocycles. The van der Waals surface area contributed by atoms with Gasteiger partial charge in [-0.05, 0) is 26.8 Å². The minimum atomic E-state index is -0.440. The number of aryl methyl sites for hydroxylation is 1. The van der Waals surface area contributed by atoms with Gasteiger partial charge in [-0.25, -0.2) is 0 Å². The summed E-state index contributed by atoms with van der Waals surface area (Å²) in [6.45, 7) is 8.15. The Morgan fingerprint density at radius 1 is 1.35 bits per heavy atom. The number of para-hydroxylation sites is 1. The van der Waals surface area contributed by atoms with E-state index in [4.69, 9.17) is 9.47 Å². The van der Waals surface area contributed by atoms with Gasteiger partial charge < -0.3 is 9.47 Å². The molecule has 0 N–H and O–H groups in total. The zero-order valence-corrected chi connectivity index (χ0v) is 13.8. The van der Waals surface area contributed by atoms with Crippen LogP contribution in [-0.2, 0) is 0 Å². The molecule has 5 heteroatoms. The highest BCUT2D eigenvalue weighted by Crippen LogP contribution is 2.53. The van der Waals surface area contributed by atoms with E-state index in [9.17, 15) is 4.79 Å². The van der Waals surface area contributed by atoms with Crippen LogP contribution in [0, 0.1) is 12.8 Å². The summed E-state index contributed by atoms with van der Waals surface area (Å²) in [7, 11) is 0. The maximum absolute atomic E-state index is 11.9. The molecule has 120 valence electrons. The molecule has 2 aromatic rings. The molecule has 0 amide bonds. The maximum Gasteiger partial charge on any atom is 0.246 e. The van der Waals surface area contributed by atoms with Crippen LogP contribution in [0.5, 0.6) is 11.6 Å². The van der Waals surface area contributed by atoms with E-state index in [0.717, 1.165) is 22.6 Å². The quantitative estimate of drug-likeness (QED) is 0.750. The summed E-state index contributed by atoms with van der Waals surface area (Å²) in [5.74, 6) is 1.66. The molecule has 2 aliphatic heterocycles. The first kappa shape index (κ1) is 14.3. The minimum Gasteiger partial charge on any atom is -0.493 e.